The van der Waals surface area contributed by atoms with E-state index in [0.717, 1.165) is 21.3 Å². The van der Waals surface area contributed by atoms with Gasteiger partial charge in [-0.1, -0.05) is 17.7 Å². The average Bonchev–Trinajstić information content (AvgIpc) is 2.78. The molecule has 1 heterocycles. The van der Waals surface area contributed by atoms with Crippen molar-refractivity contribution >= 4 is 28.6 Å². The normalized spacial score (nSPS) is 12.4. The van der Waals surface area contributed by atoms with Crippen molar-refractivity contribution in [3.05, 3.63) is 45.4 Å². The molecule has 84 valence electrons. The van der Waals surface area contributed by atoms with E-state index in [0.29, 0.717) is 0 Å². The van der Waals surface area contributed by atoms with Gasteiger partial charge in [0.05, 0.1) is 6.04 Å². The number of halogens is 1. The molecule has 0 bridgehead atoms. The number of aromatic nitrogens is 1. The van der Waals surface area contributed by atoms with Crippen molar-refractivity contribution in [2.45, 2.75) is 19.9 Å². The third kappa shape index (κ3) is 2.36. The van der Waals surface area contributed by atoms with Crippen LogP contribution in [0.3, 0.4) is 0 Å². The van der Waals surface area contributed by atoms with Gasteiger partial charge in [0.2, 0.25) is 0 Å². The first-order valence-electron chi connectivity index (χ1n) is 5.09. The van der Waals surface area contributed by atoms with E-state index in [-0.39, 0.29) is 6.04 Å². The van der Waals surface area contributed by atoms with E-state index in [1.165, 1.54) is 0 Å². The van der Waals surface area contributed by atoms with Crippen molar-refractivity contribution in [1.29, 1.82) is 0 Å². The van der Waals surface area contributed by atoms with Crippen LogP contribution in [0.4, 0.5) is 5.69 Å². The van der Waals surface area contributed by atoms with E-state index in [1.54, 1.807) is 11.3 Å². The fourth-order valence-corrected chi connectivity index (χ4v) is 2.33. The number of rotatable bonds is 3. The van der Waals surface area contributed by atoms with Crippen LogP contribution >= 0.6 is 22.9 Å². The van der Waals surface area contributed by atoms with Crippen molar-refractivity contribution in [3.63, 3.8) is 0 Å². The first-order valence-corrected chi connectivity index (χ1v) is 6.35. The predicted octanol–water partition coefficient (Wildman–Crippen LogP) is 4.28. The zero-order chi connectivity index (χ0) is 11.5. The highest BCUT2D eigenvalue weighted by molar-refractivity contribution is 7.09. The lowest BCUT2D eigenvalue weighted by atomic mass is 10.2. The summed E-state index contributed by atoms with van der Waals surface area (Å²) in [5, 5.41) is 7.27. The second-order valence-electron chi connectivity index (χ2n) is 3.65. The molecule has 0 saturated carbocycles. The van der Waals surface area contributed by atoms with E-state index in [2.05, 4.69) is 17.2 Å². The summed E-state index contributed by atoms with van der Waals surface area (Å²) < 4.78 is 0. The van der Waals surface area contributed by atoms with Gasteiger partial charge in [0, 0.05) is 22.3 Å². The number of hydrogen-bond donors (Lipinski definition) is 1. The van der Waals surface area contributed by atoms with Gasteiger partial charge in [0.1, 0.15) is 5.01 Å². The van der Waals surface area contributed by atoms with E-state index >= 15 is 0 Å². The molecule has 0 aliphatic carbocycles. The maximum Gasteiger partial charge on any atom is 0.115 e. The number of nitrogens with zero attached hydrogens (tertiary/aromatic N) is 1. The smallest absolute Gasteiger partial charge is 0.115 e. The maximum absolute atomic E-state index is 6.07. The van der Waals surface area contributed by atoms with Crippen molar-refractivity contribution in [2.24, 2.45) is 0 Å². The van der Waals surface area contributed by atoms with Gasteiger partial charge in [-0.2, -0.15) is 0 Å². The molecule has 1 atom stereocenters. The summed E-state index contributed by atoms with van der Waals surface area (Å²) in [5.41, 5.74) is 2.14. The summed E-state index contributed by atoms with van der Waals surface area (Å²) in [4.78, 5) is 4.29. The van der Waals surface area contributed by atoms with Gasteiger partial charge >= 0.3 is 0 Å². The Kier molecular flexibility index (Phi) is 3.46. The molecule has 16 heavy (non-hydrogen) atoms. The Morgan fingerprint density at radius 3 is 2.94 bits per heavy atom. The standard InChI is InChI=1S/C12H13ClN2S/c1-8-10(13)4-3-5-11(8)15-9(2)12-14-6-7-16-12/h3-7,9,15H,1-2H3. The first-order chi connectivity index (χ1) is 7.68. The predicted molar refractivity (Wildman–Crippen MR) is 70.3 cm³/mol. The van der Waals surface area contributed by atoms with Crippen LogP contribution in [0.25, 0.3) is 0 Å². The lowest BCUT2D eigenvalue weighted by molar-refractivity contribution is 0.868. The van der Waals surface area contributed by atoms with Gasteiger partial charge in [-0.15, -0.1) is 11.3 Å². The molecular formula is C12H13ClN2S. The summed E-state index contributed by atoms with van der Waals surface area (Å²) >= 11 is 7.72. The van der Waals surface area contributed by atoms with Crippen molar-refractivity contribution in [2.75, 3.05) is 5.32 Å². The van der Waals surface area contributed by atoms with Gasteiger partial charge < -0.3 is 5.32 Å². The largest absolute Gasteiger partial charge is 0.376 e. The quantitative estimate of drug-likeness (QED) is 0.882. The maximum atomic E-state index is 6.07. The molecule has 0 saturated heterocycles. The Morgan fingerprint density at radius 1 is 1.44 bits per heavy atom. The molecule has 2 rings (SSSR count). The van der Waals surface area contributed by atoms with E-state index in [9.17, 15) is 0 Å². The van der Waals surface area contributed by atoms with Gasteiger partial charge in [-0.3, -0.25) is 0 Å². The molecule has 0 radical (unpaired) electrons. The molecule has 0 aliphatic heterocycles. The lowest BCUT2D eigenvalue weighted by Crippen LogP contribution is -2.07. The van der Waals surface area contributed by atoms with Crippen molar-refractivity contribution in [1.82, 2.24) is 4.98 Å². The Morgan fingerprint density at radius 2 is 2.25 bits per heavy atom. The highest BCUT2D eigenvalue weighted by Gasteiger charge is 2.09. The molecule has 2 aromatic rings. The molecule has 1 unspecified atom stereocenters. The topological polar surface area (TPSA) is 24.9 Å². The second kappa shape index (κ2) is 4.85. The van der Waals surface area contributed by atoms with Crippen molar-refractivity contribution in [3.8, 4) is 0 Å². The molecule has 0 amide bonds. The molecule has 2 nitrogen and oxygen atoms in total. The van der Waals surface area contributed by atoms with Crippen LogP contribution in [0, 0.1) is 6.92 Å². The molecular weight excluding hydrogens is 240 g/mol. The van der Waals surface area contributed by atoms with Crippen LogP contribution in [0.1, 0.15) is 23.5 Å². The number of thiazole rings is 1. The Labute approximate surface area is 104 Å². The summed E-state index contributed by atoms with van der Waals surface area (Å²) in [6.07, 6.45) is 1.82. The van der Waals surface area contributed by atoms with Crippen LogP contribution in [-0.2, 0) is 0 Å². The minimum Gasteiger partial charge on any atom is -0.376 e. The average molecular weight is 253 g/mol. The molecule has 1 aromatic heterocycles. The number of benzene rings is 1. The first kappa shape index (κ1) is 11.4. The zero-order valence-corrected chi connectivity index (χ0v) is 10.8. The van der Waals surface area contributed by atoms with Gasteiger partial charge in [0.15, 0.2) is 0 Å². The Balaban J connectivity index is 2.18. The summed E-state index contributed by atoms with van der Waals surface area (Å²) in [6, 6.07) is 6.09. The van der Waals surface area contributed by atoms with Crippen LogP contribution in [-0.4, -0.2) is 4.98 Å². The lowest BCUT2D eigenvalue weighted by Gasteiger charge is -2.15. The summed E-state index contributed by atoms with van der Waals surface area (Å²) in [6.45, 7) is 4.11. The van der Waals surface area contributed by atoms with Gasteiger partial charge in [-0.25, -0.2) is 4.98 Å². The van der Waals surface area contributed by atoms with Crippen molar-refractivity contribution < 1.29 is 0 Å². The molecule has 1 aromatic carbocycles. The molecule has 0 aliphatic rings. The Bertz CT molecular complexity index is 468. The molecule has 4 heteroatoms. The minimum absolute atomic E-state index is 0.206. The third-order valence-electron chi connectivity index (χ3n) is 2.46. The van der Waals surface area contributed by atoms with Crippen LogP contribution in [0.2, 0.25) is 5.02 Å². The van der Waals surface area contributed by atoms with E-state index in [1.807, 2.05) is 36.7 Å². The fourth-order valence-electron chi connectivity index (χ4n) is 1.51. The SMILES string of the molecule is Cc1c(Cl)cccc1NC(C)c1nccs1. The van der Waals surface area contributed by atoms with Crippen LogP contribution < -0.4 is 5.32 Å². The second-order valence-corrected chi connectivity index (χ2v) is 4.98. The van der Waals surface area contributed by atoms with Gasteiger partial charge in [-0.05, 0) is 31.5 Å². The van der Waals surface area contributed by atoms with Crippen LogP contribution in [0.15, 0.2) is 29.8 Å². The highest BCUT2D eigenvalue weighted by Crippen LogP contribution is 2.27. The van der Waals surface area contributed by atoms with Crippen LogP contribution in [0.5, 0.6) is 0 Å². The minimum atomic E-state index is 0.206. The number of nitrogens with one attached hydrogen (secondary N) is 1. The van der Waals surface area contributed by atoms with E-state index in [4.69, 9.17) is 11.6 Å². The molecule has 0 fully saturated rings. The van der Waals surface area contributed by atoms with E-state index < -0.39 is 0 Å². The summed E-state index contributed by atoms with van der Waals surface area (Å²) in [5.74, 6) is 0. The summed E-state index contributed by atoms with van der Waals surface area (Å²) in [7, 11) is 0. The molecule has 1 N–H and O–H groups in total. The number of hydrogen-bond acceptors (Lipinski definition) is 3. The third-order valence-corrected chi connectivity index (χ3v) is 3.83. The fraction of sp³-hybridized carbons (Fsp3) is 0.250. The molecule has 0 spiro atoms. The monoisotopic (exact) mass is 252 g/mol. The highest BCUT2D eigenvalue weighted by atomic mass is 35.5. The zero-order valence-electron chi connectivity index (χ0n) is 9.20. The number of anilines is 1. The van der Waals surface area contributed by atoms with Gasteiger partial charge in [0.25, 0.3) is 0 Å². The Hall–Kier alpha value is -1.06.